The molecule has 7 N–H and O–H groups in total. The number of rotatable bonds is 23. The first-order valence-corrected chi connectivity index (χ1v) is 22.0. The van der Waals surface area contributed by atoms with E-state index in [2.05, 4.69) is 43.5 Å². The van der Waals surface area contributed by atoms with Crippen LogP contribution in [0.25, 0.3) is 11.2 Å². The molecule has 24 nitrogen and oxygen atoms in total. The van der Waals surface area contributed by atoms with Crippen LogP contribution in [0.4, 0.5) is 5.82 Å². The van der Waals surface area contributed by atoms with Crippen LogP contribution in [0.15, 0.2) is 12.7 Å². The molecule has 312 valence electrons. The van der Waals surface area contributed by atoms with E-state index in [1.54, 1.807) is 0 Å². The largest absolute Gasteiger partial charge is 1.00 e. The normalized spacial score (nSPS) is 21.5. The standard InChI is InChI=1S/C27H46N7O17P3S.3Na/c1-4-5-6-7-18(36)55-11-10-29-17(35)8-9-30-25(39)22(38)27(2,3)13-48-54(45,46)51-53(43,44)47-12-16-21(50-52(40,41)42)20(37)26(49-16)34-15-33-19-23(28)31-14-32-24(19)34;;;/h14-16,20-22,26,37-38H,4-13H2,1-3H3,(H,29,35)(H,30,39)(H,43,44)(H,45,46)(H2,28,31,32)(H2,40,41,42);;;/q;3*+1/p-3. The van der Waals surface area contributed by atoms with Crippen molar-refractivity contribution in [1.29, 1.82) is 0 Å². The number of thioether (sulfide) groups is 1. The van der Waals surface area contributed by atoms with E-state index >= 15 is 0 Å². The molecule has 1 aliphatic rings. The number of phosphoric acid groups is 3. The Kier molecular flexibility index (Phi) is 26.6. The van der Waals surface area contributed by atoms with Crippen molar-refractivity contribution in [3.05, 3.63) is 12.7 Å². The molecular weight excluding hydrogens is 888 g/mol. The Balaban J connectivity index is 0.0000108. The van der Waals surface area contributed by atoms with Crippen molar-refractivity contribution in [2.45, 2.75) is 83.5 Å². The van der Waals surface area contributed by atoms with Crippen molar-refractivity contribution >= 4 is 69.1 Å². The molecule has 2 amide bonds. The van der Waals surface area contributed by atoms with E-state index in [4.69, 9.17) is 10.5 Å². The number of phosphoric ester groups is 3. The zero-order chi connectivity index (χ0) is 41.2. The smallest absolute Gasteiger partial charge is 0.756 e. The molecular formula is C27H43N7Na3O17P3S. The average Bonchev–Trinajstić information content (AvgIpc) is 3.64. The minimum atomic E-state index is -5.89. The SMILES string of the molecule is CCCCCC(=O)SCCNC(=O)CCNC(=O)C(O)C(C)(C)COP(=O)([O-])OP(=O)([O-])OCC1OC(n2cnc3c(N)ncnc32)C(O)C1OP(=O)([O-])O.[Na+].[Na+].[Na+]. The fraction of sp³-hybridized carbons (Fsp3) is 0.704. The summed E-state index contributed by atoms with van der Waals surface area (Å²) in [6, 6.07) is 0. The van der Waals surface area contributed by atoms with Crippen molar-refractivity contribution in [1.82, 2.24) is 30.2 Å². The molecule has 0 bridgehead atoms. The van der Waals surface area contributed by atoms with E-state index in [-0.39, 0.29) is 130 Å². The van der Waals surface area contributed by atoms with Gasteiger partial charge in [-0.2, -0.15) is 0 Å². The first-order chi connectivity index (χ1) is 25.6. The maximum Gasteiger partial charge on any atom is 1.00 e. The number of hydrogen-bond acceptors (Lipinski definition) is 21. The summed E-state index contributed by atoms with van der Waals surface area (Å²) in [5, 5.41) is 26.3. The minimum absolute atomic E-state index is 0. The van der Waals surface area contributed by atoms with Gasteiger partial charge in [0, 0.05) is 37.1 Å². The molecule has 1 fully saturated rings. The van der Waals surface area contributed by atoms with Gasteiger partial charge in [0.15, 0.2) is 22.8 Å². The third-order valence-electron chi connectivity index (χ3n) is 7.73. The molecule has 3 rings (SSSR count). The third kappa shape index (κ3) is 19.1. The maximum atomic E-state index is 12.5. The molecule has 2 aromatic rings. The fourth-order valence-corrected chi connectivity index (χ4v) is 8.33. The summed E-state index contributed by atoms with van der Waals surface area (Å²) >= 11 is 1.11. The number of amides is 2. The van der Waals surface area contributed by atoms with Gasteiger partial charge in [-0.15, -0.1) is 0 Å². The van der Waals surface area contributed by atoms with E-state index in [0.29, 0.717) is 12.2 Å². The molecule has 0 saturated carbocycles. The second-order valence-corrected chi connectivity index (χ2v) is 17.9. The number of ether oxygens (including phenoxy) is 1. The molecule has 3 heterocycles. The molecule has 58 heavy (non-hydrogen) atoms. The van der Waals surface area contributed by atoms with Crippen LogP contribution in [0.5, 0.6) is 0 Å². The zero-order valence-electron chi connectivity index (χ0n) is 32.8. The number of unbranched alkanes of at least 4 members (excludes halogenated alkanes) is 2. The van der Waals surface area contributed by atoms with Gasteiger partial charge in [0.05, 0.1) is 19.5 Å². The Bertz CT molecular complexity index is 1800. The zero-order valence-corrected chi connectivity index (χ0v) is 42.3. The quantitative estimate of drug-likeness (QED) is 0.0342. The molecule has 8 atom stereocenters. The molecule has 0 spiro atoms. The Morgan fingerprint density at radius 3 is 2.33 bits per heavy atom. The fourth-order valence-electron chi connectivity index (χ4n) is 4.87. The minimum Gasteiger partial charge on any atom is -0.756 e. The number of imidazole rings is 1. The van der Waals surface area contributed by atoms with Gasteiger partial charge in [0.25, 0.3) is 23.5 Å². The van der Waals surface area contributed by atoms with Gasteiger partial charge in [-0.3, -0.25) is 32.6 Å². The van der Waals surface area contributed by atoms with Crippen molar-refractivity contribution in [2.24, 2.45) is 5.41 Å². The Hall–Kier alpha value is 0.560. The summed E-state index contributed by atoms with van der Waals surface area (Å²) in [4.78, 5) is 93.7. The van der Waals surface area contributed by atoms with E-state index in [0.717, 1.165) is 48.2 Å². The molecule has 0 aromatic carbocycles. The van der Waals surface area contributed by atoms with Gasteiger partial charge in [-0.1, -0.05) is 45.4 Å². The van der Waals surface area contributed by atoms with Crippen LogP contribution in [0.1, 0.15) is 59.1 Å². The van der Waals surface area contributed by atoms with Crippen LogP contribution in [-0.4, -0.2) is 108 Å². The summed E-state index contributed by atoms with van der Waals surface area (Å²) in [7, 11) is -17.3. The summed E-state index contributed by atoms with van der Waals surface area (Å²) in [5.74, 6) is -1.13. The summed E-state index contributed by atoms with van der Waals surface area (Å²) in [5.41, 5.74) is 4.12. The summed E-state index contributed by atoms with van der Waals surface area (Å²) in [6.45, 7) is 2.23. The van der Waals surface area contributed by atoms with E-state index in [1.807, 2.05) is 6.92 Å². The summed E-state index contributed by atoms with van der Waals surface area (Å²) < 4.78 is 60.8. The number of nitrogen functional groups attached to an aromatic ring is 1. The molecule has 0 radical (unpaired) electrons. The van der Waals surface area contributed by atoms with Crippen molar-refractivity contribution < 1.29 is 169 Å². The van der Waals surface area contributed by atoms with Gasteiger partial charge >= 0.3 is 88.7 Å². The number of nitrogens with zero attached hydrogens (tertiary/aromatic N) is 4. The number of hydrogen-bond donors (Lipinski definition) is 6. The molecule has 31 heteroatoms. The van der Waals surface area contributed by atoms with Crippen LogP contribution in [0.3, 0.4) is 0 Å². The van der Waals surface area contributed by atoms with Gasteiger partial charge in [0.1, 0.15) is 36.3 Å². The van der Waals surface area contributed by atoms with E-state index in [9.17, 15) is 57.9 Å². The number of nitrogens with two attached hydrogens (primary N) is 1. The predicted octanol–water partition coefficient (Wildman–Crippen LogP) is -10.6. The van der Waals surface area contributed by atoms with Crippen molar-refractivity contribution in [3.8, 4) is 0 Å². The number of aliphatic hydroxyl groups is 2. The van der Waals surface area contributed by atoms with Crippen molar-refractivity contribution in [2.75, 3.05) is 37.8 Å². The topological polar surface area (TPSA) is 372 Å². The van der Waals surface area contributed by atoms with Crippen LogP contribution in [0, 0.1) is 5.41 Å². The molecule has 8 unspecified atom stereocenters. The van der Waals surface area contributed by atoms with Gasteiger partial charge in [0.2, 0.25) is 11.8 Å². The van der Waals surface area contributed by atoms with E-state index in [1.165, 1.54) is 13.8 Å². The molecule has 2 aromatic heterocycles. The van der Waals surface area contributed by atoms with Gasteiger partial charge in [-0.05, 0) is 6.42 Å². The molecule has 1 aliphatic heterocycles. The first kappa shape index (κ1) is 58.6. The number of nitrogens with one attached hydrogen (secondary N) is 2. The third-order valence-corrected chi connectivity index (χ3v) is 11.7. The second-order valence-electron chi connectivity index (χ2n) is 12.7. The monoisotopic (exact) mass is 931 g/mol. The average molecular weight is 932 g/mol. The Labute approximate surface area is 403 Å². The second kappa shape index (κ2) is 26.4. The Morgan fingerprint density at radius 1 is 1.03 bits per heavy atom. The number of anilines is 1. The van der Waals surface area contributed by atoms with Crippen LogP contribution in [0.2, 0.25) is 0 Å². The van der Waals surface area contributed by atoms with Gasteiger partial charge < -0.3 is 64.5 Å². The number of carbonyl (C=O) groups is 3. The summed E-state index contributed by atoms with van der Waals surface area (Å²) in [6.07, 6.45) is -4.13. The Morgan fingerprint density at radius 2 is 1.69 bits per heavy atom. The number of carbonyl (C=O) groups excluding carboxylic acids is 3. The maximum absolute atomic E-state index is 12.5. The van der Waals surface area contributed by atoms with Crippen LogP contribution >= 0.6 is 35.2 Å². The molecule has 0 aliphatic carbocycles. The molecule has 1 saturated heterocycles. The van der Waals surface area contributed by atoms with E-state index < -0.39 is 84.6 Å². The van der Waals surface area contributed by atoms with Gasteiger partial charge in [-0.25, -0.2) is 19.3 Å². The van der Waals surface area contributed by atoms with Crippen LogP contribution in [-0.2, 0) is 50.7 Å². The number of aromatic nitrogens is 4. The first-order valence-electron chi connectivity index (χ1n) is 16.5. The number of aliphatic hydroxyl groups excluding tert-OH is 2. The predicted molar refractivity (Wildman–Crippen MR) is 185 cm³/mol. The number of fused-ring (bicyclic) bond motifs is 1. The van der Waals surface area contributed by atoms with Crippen molar-refractivity contribution in [3.63, 3.8) is 0 Å². The van der Waals surface area contributed by atoms with Crippen LogP contribution < -0.4 is 120 Å².